The molecule has 18 heavy (non-hydrogen) atoms. The van der Waals surface area contributed by atoms with E-state index >= 15 is 0 Å². The molecule has 0 amide bonds. The van der Waals surface area contributed by atoms with E-state index in [1.807, 2.05) is 12.3 Å². The Hall–Kier alpha value is -0.910. The standard InChI is InChI=1S/C13H15BrN2OS/c1-10-4-5-11(18-10)9-15-6-8-16-7-2-3-12(14)13(16)17/h2-5,7,15H,6,8-9H2,1H3. The highest BCUT2D eigenvalue weighted by molar-refractivity contribution is 9.10. The summed E-state index contributed by atoms with van der Waals surface area (Å²) in [6.07, 6.45) is 1.81. The molecule has 2 aromatic rings. The molecule has 2 aromatic heterocycles. The Labute approximate surface area is 119 Å². The van der Waals surface area contributed by atoms with Gasteiger partial charge in [-0.1, -0.05) is 0 Å². The molecule has 0 spiro atoms. The van der Waals surface area contributed by atoms with Crippen LogP contribution in [0.2, 0.25) is 0 Å². The van der Waals surface area contributed by atoms with Crippen LogP contribution < -0.4 is 10.9 Å². The number of pyridine rings is 1. The summed E-state index contributed by atoms with van der Waals surface area (Å²) >= 11 is 5.04. The number of aryl methyl sites for hydroxylation is 1. The van der Waals surface area contributed by atoms with Gasteiger partial charge < -0.3 is 9.88 Å². The van der Waals surface area contributed by atoms with Crippen molar-refractivity contribution in [2.45, 2.75) is 20.0 Å². The van der Waals surface area contributed by atoms with Gasteiger partial charge >= 0.3 is 0 Å². The van der Waals surface area contributed by atoms with Crippen LogP contribution in [0, 0.1) is 6.92 Å². The van der Waals surface area contributed by atoms with Gasteiger partial charge in [0.1, 0.15) is 0 Å². The van der Waals surface area contributed by atoms with Gasteiger partial charge in [-0.15, -0.1) is 11.3 Å². The van der Waals surface area contributed by atoms with Crippen molar-refractivity contribution < 1.29 is 0 Å². The Morgan fingerprint density at radius 3 is 2.94 bits per heavy atom. The van der Waals surface area contributed by atoms with E-state index in [9.17, 15) is 4.79 Å². The first-order valence-electron chi connectivity index (χ1n) is 5.78. The van der Waals surface area contributed by atoms with E-state index in [2.05, 4.69) is 40.3 Å². The van der Waals surface area contributed by atoms with E-state index in [0.717, 1.165) is 13.1 Å². The summed E-state index contributed by atoms with van der Waals surface area (Å²) in [5, 5.41) is 3.35. The lowest BCUT2D eigenvalue weighted by Gasteiger charge is -2.06. The van der Waals surface area contributed by atoms with Crippen LogP contribution in [0.4, 0.5) is 0 Å². The zero-order valence-electron chi connectivity index (χ0n) is 10.1. The monoisotopic (exact) mass is 326 g/mol. The second-order valence-corrected chi connectivity index (χ2v) is 6.27. The van der Waals surface area contributed by atoms with Gasteiger partial charge in [0.25, 0.3) is 5.56 Å². The molecule has 5 heteroatoms. The Balaban J connectivity index is 1.82. The molecule has 0 atom stereocenters. The van der Waals surface area contributed by atoms with Crippen molar-refractivity contribution in [2.24, 2.45) is 0 Å². The molecule has 0 radical (unpaired) electrons. The van der Waals surface area contributed by atoms with E-state index in [0.29, 0.717) is 11.0 Å². The lowest BCUT2D eigenvalue weighted by molar-refractivity contribution is 0.586. The van der Waals surface area contributed by atoms with Crippen LogP contribution in [0.15, 0.2) is 39.7 Å². The van der Waals surface area contributed by atoms with Crippen molar-refractivity contribution in [3.8, 4) is 0 Å². The van der Waals surface area contributed by atoms with E-state index in [1.165, 1.54) is 9.75 Å². The average Bonchev–Trinajstić information content (AvgIpc) is 2.76. The lowest BCUT2D eigenvalue weighted by atomic mass is 10.4. The fourth-order valence-corrected chi connectivity index (χ4v) is 2.92. The lowest BCUT2D eigenvalue weighted by Crippen LogP contribution is -2.26. The van der Waals surface area contributed by atoms with Crippen LogP contribution in [0.25, 0.3) is 0 Å². The predicted octanol–water partition coefficient (Wildman–Crippen LogP) is 2.77. The number of thiophene rings is 1. The molecule has 96 valence electrons. The van der Waals surface area contributed by atoms with Crippen LogP contribution in [-0.4, -0.2) is 11.1 Å². The maximum Gasteiger partial charge on any atom is 0.264 e. The normalized spacial score (nSPS) is 10.8. The van der Waals surface area contributed by atoms with Crippen LogP contribution in [0.1, 0.15) is 9.75 Å². The third-order valence-corrected chi connectivity index (χ3v) is 4.20. The molecule has 2 rings (SSSR count). The average molecular weight is 327 g/mol. The highest BCUT2D eigenvalue weighted by Crippen LogP contribution is 2.14. The number of hydrogen-bond donors (Lipinski definition) is 1. The molecule has 0 aliphatic heterocycles. The summed E-state index contributed by atoms with van der Waals surface area (Å²) in [4.78, 5) is 14.4. The van der Waals surface area contributed by atoms with Gasteiger partial charge in [0.2, 0.25) is 0 Å². The molecular formula is C13H15BrN2OS. The Bertz CT molecular complexity index is 576. The molecule has 0 saturated carbocycles. The van der Waals surface area contributed by atoms with Crippen molar-refractivity contribution in [3.05, 3.63) is 55.0 Å². The number of halogens is 1. The SMILES string of the molecule is Cc1ccc(CNCCn2cccc(Br)c2=O)s1. The van der Waals surface area contributed by atoms with Crippen LogP contribution in [0.3, 0.4) is 0 Å². The highest BCUT2D eigenvalue weighted by Gasteiger charge is 2.00. The minimum Gasteiger partial charge on any atom is -0.313 e. The Morgan fingerprint density at radius 1 is 1.39 bits per heavy atom. The fraction of sp³-hybridized carbons (Fsp3) is 0.308. The van der Waals surface area contributed by atoms with Crippen molar-refractivity contribution in [1.82, 2.24) is 9.88 Å². The van der Waals surface area contributed by atoms with Crippen molar-refractivity contribution in [1.29, 1.82) is 0 Å². The van der Waals surface area contributed by atoms with E-state index in [4.69, 9.17) is 0 Å². The molecule has 2 heterocycles. The summed E-state index contributed by atoms with van der Waals surface area (Å²) in [6.45, 7) is 4.44. The summed E-state index contributed by atoms with van der Waals surface area (Å²) in [7, 11) is 0. The Kier molecular flexibility index (Phi) is 4.74. The molecule has 1 N–H and O–H groups in total. The predicted molar refractivity (Wildman–Crippen MR) is 79.2 cm³/mol. The first-order chi connectivity index (χ1) is 8.66. The molecule has 0 aliphatic rings. The molecule has 0 saturated heterocycles. The molecular weight excluding hydrogens is 312 g/mol. The number of nitrogens with one attached hydrogen (secondary N) is 1. The largest absolute Gasteiger partial charge is 0.313 e. The molecule has 3 nitrogen and oxygen atoms in total. The maximum atomic E-state index is 11.7. The first-order valence-corrected chi connectivity index (χ1v) is 7.39. The third kappa shape index (κ3) is 3.54. The zero-order chi connectivity index (χ0) is 13.0. The van der Waals surface area contributed by atoms with E-state index in [-0.39, 0.29) is 5.56 Å². The van der Waals surface area contributed by atoms with Crippen molar-refractivity contribution in [3.63, 3.8) is 0 Å². The summed E-state index contributed by atoms with van der Waals surface area (Å²) in [5.41, 5.74) is 0.0197. The van der Waals surface area contributed by atoms with E-state index < -0.39 is 0 Å². The second-order valence-electron chi connectivity index (χ2n) is 4.04. The quantitative estimate of drug-likeness (QED) is 0.857. The van der Waals surface area contributed by atoms with Gasteiger partial charge in [0.15, 0.2) is 0 Å². The molecule has 0 aromatic carbocycles. The van der Waals surface area contributed by atoms with E-state index in [1.54, 1.807) is 22.0 Å². The minimum atomic E-state index is 0.0197. The number of rotatable bonds is 5. The summed E-state index contributed by atoms with van der Waals surface area (Å²) < 4.78 is 2.32. The molecule has 0 bridgehead atoms. The van der Waals surface area contributed by atoms with Gasteiger partial charge in [-0.25, -0.2) is 0 Å². The topological polar surface area (TPSA) is 34.0 Å². The number of nitrogens with zero attached hydrogens (tertiary/aromatic N) is 1. The van der Waals surface area contributed by atoms with Gasteiger partial charge in [-0.2, -0.15) is 0 Å². The van der Waals surface area contributed by atoms with Gasteiger partial charge in [0, 0.05) is 35.6 Å². The minimum absolute atomic E-state index is 0.0197. The third-order valence-electron chi connectivity index (χ3n) is 2.60. The zero-order valence-corrected chi connectivity index (χ0v) is 12.6. The first kappa shape index (κ1) is 13.5. The molecule has 0 aliphatic carbocycles. The maximum absolute atomic E-state index is 11.7. The number of hydrogen-bond acceptors (Lipinski definition) is 3. The number of aromatic nitrogens is 1. The van der Waals surface area contributed by atoms with Gasteiger partial charge in [0.05, 0.1) is 4.47 Å². The van der Waals surface area contributed by atoms with Crippen molar-refractivity contribution >= 4 is 27.3 Å². The van der Waals surface area contributed by atoms with Gasteiger partial charge in [-0.05, 0) is 47.1 Å². The smallest absolute Gasteiger partial charge is 0.264 e. The molecule has 0 unspecified atom stereocenters. The molecule has 0 fully saturated rings. The fourth-order valence-electron chi connectivity index (χ4n) is 1.67. The highest BCUT2D eigenvalue weighted by atomic mass is 79.9. The summed E-state index contributed by atoms with van der Waals surface area (Å²) in [6, 6.07) is 7.90. The van der Waals surface area contributed by atoms with Gasteiger partial charge in [-0.3, -0.25) is 4.79 Å². The van der Waals surface area contributed by atoms with Crippen LogP contribution in [0.5, 0.6) is 0 Å². The van der Waals surface area contributed by atoms with Crippen LogP contribution >= 0.6 is 27.3 Å². The summed E-state index contributed by atoms with van der Waals surface area (Å²) in [5.74, 6) is 0. The van der Waals surface area contributed by atoms with Crippen molar-refractivity contribution in [2.75, 3.05) is 6.54 Å². The Morgan fingerprint density at radius 2 is 2.22 bits per heavy atom. The van der Waals surface area contributed by atoms with Crippen LogP contribution in [-0.2, 0) is 13.1 Å². The second kappa shape index (κ2) is 6.31.